The Bertz CT molecular complexity index is 427. The van der Waals surface area contributed by atoms with Gasteiger partial charge < -0.3 is 15.5 Å². The van der Waals surface area contributed by atoms with E-state index in [2.05, 4.69) is 5.32 Å². The molecule has 20 heavy (non-hydrogen) atoms. The molecule has 114 valence electrons. The molecule has 2 saturated heterocycles. The van der Waals surface area contributed by atoms with Gasteiger partial charge >= 0.3 is 6.03 Å². The van der Waals surface area contributed by atoms with Gasteiger partial charge in [0, 0.05) is 19.1 Å². The molecule has 0 saturated carbocycles. The van der Waals surface area contributed by atoms with Crippen LogP contribution in [0.25, 0.3) is 0 Å². The van der Waals surface area contributed by atoms with Gasteiger partial charge in [0.25, 0.3) is 5.91 Å². The van der Waals surface area contributed by atoms with Crippen molar-refractivity contribution in [2.75, 3.05) is 19.6 Å². The molecule has 0 aliphatic carbocycles. The first-order valence-corrected chi connectivity index (χ1v) is 6.50. The second kappa shape index (κ2) is 5.97. The van der Waals surface area contributed by atoms with E-state index in [9.17, 15) is 14.4 Å². The lowest BCUT2D eigenvalue weighted by atomic mass is 10.0. The van der Waals surface area contributed by atoms with E-state index in [4.69, 9.17) is 5.73 Å². The lowest BCUT2D eigenvalue weighted by Gasteiger charge is -2.31. The van der Waals surface area contributed by atoms with Crippen LogP contribution in [0.1, 0.15) is 26.7 Å². The van der Waals surface area contributed by atoms with Crippen molar-refractivity contribution in [3.05, 3.63) is 0 Å². The first kappa shape index (κ1) is 16.7. The van der Waals surface area contributed by atoms with Crippen LogP contribution in [0, 0.1) is 0 Å². The summed E-state index contributed by atoms with van der Waals surface area (Å²) in [6.45, 7) is 4.28. The lowest BCUT2D eigenvalue weighted by molar-refractivity contribution is -0.134. The highest BCUT2D eigenvalue weighted by Crippen LogP contribution is 2.22. The van der Waals surface area contributed by atoms with Crippen LogP contribution in [-0.2, 0) is 9.59 Å². The van der Waals surface area contributed by atoms with Gasteiger partial charge in [0.2, 0.25) is 5.91 Å². The molecule has 0 aromatic rings. The SMILES string of the molecule is CC1(C)C(=O)NC(=O)N1CC(=O)N1CCCC1CN.Cl. The molecule has 7 nitrogen and oxygen atoms in total. The second-order valence-electron chi connectivity index (χ2n) is 5.52. The van der Waals surface area contributed by atoms with E-state index in [1.165, 1.54) is 4.90 Å². The van der Waals surface area contributed by atoms with Crippen LogP contribution in [0.5, 0.6) is 0 Å². The van der Waals surface area contributed by atoms with Gasteiger partial charge in [-0.1, -0.05) is 0 Å². The fourth-order valence-corrected chi connectivity index (χ4v) is 2.60. The third kappa shape index (κ3) is 2.73. The molecule has 0 radical (unpaired) electrons. The molecule has 0 aromatic heterocycles. The summed E-state index contributed by atoms with van der Waals surface area (Å²) < 4.78 is 0. The number of hydrogen-bond acceptors (Lipinski definition) is 4. The third-order valence-electron chi connectivity index (χ3n) is 3.96. The standard InChI is InChI=1S/C12H20N4O3.ClH/c1-12(2)10(18)14-11(19)16(12)7-9(17)15-5-3-4-8(15)6-13;/h8H,3-7,13H2,1-2H3,(H,14,18,19);1H. The Kier molecular flexibility index (Phi) is 4.99. The van der Waals surface area contributed by atoms with E-state index in [0.29, 0.717) is 13.1 Å². The number of urea groups is 1. The highest BCUT2D eigenvalue weighted by molar-refractivity contribution is 6.07. The Morgan fingerprint density at radius 1 is 1.45 bits per heavy atom. The van der Waals surface area contributed by atoms with E-state index in [1.807, 2.05) is 0 Å². The Morgan fingerprint density at radius 3 is 2.60 bits per heavy atom. The molecule has 0 aromatic carbocycles. The topological polar surface area (TPSA) is 95.7 Å². The molecule has 8 heteroatoms. The number of halogens is 1. The number of nitrogens with zero attached hydrogens (tertiary/aromatic N) is 2. The van der Waals surface area contributed by atoms with E-state index < -0.39 is 11.6 Å². The van der Waals surface area contributed by atoms with Crippen molar-refractivity contribution in [2.45, 2.75) is 38.3 Å². The molecule has 4 amide bonds. The predicted molar refractivity (Wildman–Crippen MR) is 75.4 cm³/mol. The van der Waals surface area contributed by atoms with E-state index >= 15 is 0 Å². The Balaban J connectivity index is 0.00000200. The van der Waals surface area contributed by atoms with E-state index in [-0.39, 0.29) is 36.8 Å². The van der Waals surface area contributed by atoms with Crippen LogP contribution >= 0.6 is 12.4 Å². The van der Waals surface area contributed by atoms with Gasteiger partial charge in [-0.3, -0.25) is 14.9 Å². The fourth-order valence-electron chi connectivity index (χ4n) is 2.60. The number of carbonyl (C=O) groups excluding carboxylic acids is 3. The molecule has 0 bridgehead atoms. The first-order valence-electron chi connectivity index (χ1n) is 6.50. The third-order valence-corrected chi connectivity index (χ3v) is 3.96. The number of nitrogens with one attached hydrogen (secondary N) is 1. The number of carbonyl (C=O) groups is 3. The zero-order valence-electron chi connectivity index (χ0n) is 11.7. The first-order chi connectivity index (χ1) is 8.87. The number of nitrogens with two attached hydrogens (primary N) is 1. The summed E-state index contributed by atoms with van der Waals surface area (Å²) in [4.78, 5) is 38.6. The lowest BCUT2D eigenvalue weighted by Crippen LogP contribution is -2.51. The summed E-state index contributed by atoms with van der Waals surface area (Å²) in [7, 11) is 0. The minimum absolute atomic E-state index is 0. The molecule has 2 heterocycles. The highest BCUT2D eigenvalue weighted by Gasteiger charge is 2.47. The average molecular weight is 305 g/mol. The van der Waals surface area contributed by atoms with Crippen LogP contribution in [0.4, 0.5) is 4.79 Å². The molecule has 2 fully saturated rings. The fraction of sp³-hybridized carbons (Fsp3) is 0.750. The van der Waals surface area contributed by atoms with Crippen LogP contribution in [0.3, 0.4) is 0 Å². The van der Waals surface area contributed by atoms with Gasteiger partial charge in [0.1, 0.15) is 12.1 Å². The Hall–Kier alpha value is -1.34. The van der Waals surface area contributed by atoms with Gasteiger partial charge in [0.15, 0.2) is 0 Å². The number of likely N-dealkylation sites (tertiary alicyclic amines) is 1. The smallest absolute Gasteiger partial charge is 0.325 e. The molecule has 1 unspecified atom stereocenters. The minimum Gasteiger partial charge on any atom is -0.337 e. The van der Waals surface area contributed by atoms with Gasteiger partial charge in [-0.05, 0) is 26.7 Å². The molecule has 1 atom stereocenters. The van der Waals surface area contributed by atoms with Crippen molar-refractivity contribution < 1.29 is 14.4 Å². The average Bonchev–Trinajstić information content (AvgIpc) is 2.88. The van der Waals surface area contributed by atoms with Crippen LogP contribution in [-0.4, -0.2) is 58.9 Å². The summed E-state index contributed by atoms with van der Waals surface area (Å²) >= 11 is 0. The molecule has 2 aliphatic heterocycles. The molecule has 3 N–H and O–H groups in total. The normalized spacial score (nSPS) is 24.6. The number of hydrogen-bond donors (Lipinski definition) is 2. The monoisotopic (exact) mass is 304 g/mol. The van der Waals surface area contributed by atoms with Gasteiger partial charge in [-0.2, -0.15) is 0 Å². The van der Waals surface area contributed by atoms with Crippen molar-refractivity contribution in [3.8, 4) is 0 Å². The number of amides is 4. The predicted octanol–water partition coefficient (Wildman–Crippen LogP) is -0.312. The maximum absolute atomic E-state index is 12.2. The maximum Gasteiger partial charge on any atom is 0.325 e. The van der Waals surface area contributed by atoms with Crippen molar-refractivity contribution in [2.24, 2.45) is 5.73 Å². The number of imide groups is 1. The zero-order valence-corrected chi connectivity index (χ0v) is 12.5. The summed E-state index contributed by atoms with van der Waals surface area (Å²) in [5.74, 6) is -0.520. The van der Waals surface area contributed by atoms with Crippen LogP contribution < -0.4 is 11.1 Å². The minimum atomic E-state index is -0.981. The molecule has 2 rings (SSSR count). The van der Waals surface area contributed by atoms with Crippen LogP contribution in [0.15, 0.2) is 0 Å². The van der Waals surface area contributed by atoms with Gasteiger partial charge in [-0.25, -0.2) is 4.79 Å². The van der Waals surface area contributed by atoms with Gasteiger partial charge in [-0.15, -0.1) is 12.4 Å². The summed E-state index contributed by atoms with van der Waals surface area (Å²) in [5, 5.41) is 2.23. The van der Waals surface area contributed by atoms with Crippen molar-refractivity contribution in [1.82, 2.24) is 15.1 Å². The molecular weight excluding hydrogens is 284 g/mol. The second-order valence-corrected chi connectivity index (χ2v) is 5.52. The maximum atomic E-state index is 12.2. The quantitative estimate of drug-likeness (QED) is 0.699. The van der Waals surface area contributed by atoms with Gasteiger partial charge in [0.05, 0.1) is 0 Å². The highest BCUT2D eigenvalue weighted by atomic mass is 35.5. The van der Waals surface area contributed by atoms with Crippen molar-refractivity contribution >= 4 is 30.3 Å². The molecule has 2 aliphatic rings. The largest absolute Gasteiger partial charge is 0.337 e. The summed E-state index contributed by atoms with van der Waals surface area (Å²) in [6.07, 6.45) is 1.83. The molecular formula is C12H21ClN4O3. The van der Waals surface area contributed by atoms with Crippen LogP contribution in [0.2, 0.25) is 0 Å². The molecule has 0 spiro atoms. The number of rotatable bonds is 3. The Labute approximate surface area is 124 Å². The Morgan fingerprint density at radius 2 is 2.10 bits per heavy atom. The zero-order chi connectivity index (χ0) is 14.2. The van der Waals surface area contributed by atoms with E-state index in [1.54, 1.807) is 18.7 Å². The summed E-state index contributed by atoms with van der Waals surface area (Å²) in [5.41, 5.74) is 4.65. The van der Waals surface area contributed by atoms with Crippen molar-refractivity contribution in [1.29, 1.82) is 0 Å². The summed E-state index contributed by atoms with van der Waals surface area (Å²) in [6, 6.07) is -0.455. The van der Waals surface area contributed by atoms with E-state index in [0.717, 1.165) is 12.8 Å². The van der Waals surface area contributed by atoms with Crippen molar-refractivity contribution in [3.63, 3.8) is 0 Å².